The highest BCUT2D eigenvalue weighted by atomic mass is 31.1. The maximum atomic E-state index is 5.84. The Morgan fingerprint density at radius 1 is 1.43 bits per heavy atom. The molecule has 0 saturated carbocycles. The molecule has 1 fully saturated rings. The van der Waals surface area contributed by atoms with Crippen LogP contribution in [0.1, 0.15) is 6.92 Å². The van der Waals surface area contributed by atoms with Crippen molar-refractivity contribution < 1.29 is 14.0 Å². The van der Waals surface area contributed by atoms with Crippen LogP contribution in [0.5, 0.6) is 0 Å². The van der Waals surface area contributed by atoms with Crippen molar-refractivity contribution in [1.82, 2.24) is 0 Å². The van der Waals surface area contributed by atoms with Crippen molar-refractivity contribution in [3.8, 4) is 0 Å². The minimum atomic E-state index is -0.386. The van der Waals surface area contributed by atoms with E-state index in [1.54, 1.807) is 7.11 Å². The summed E-state index contributed by atoms with van der Waals surface area (Å²) in [6.45, 7) is 6.77. The van der Waals surface area contributed by atoms with Gasteiger partial charge in [0.25, 0.3) is 0 Å². The van der Waals surface area contributed by atoms with Crippen LogP contribution < -0.4 is 0 Å². The molecule has 0 spiro atoms. The monoisotopic (exact) mass is 216 g/mol. The van der Waals surface area contributed by atoms with Gasteiger partial charge in [-0.3, -0.25) is 0 Å². The molecular formula is C9H18BO3P. The molecule has 1 aliphatic rings. The van der Waals surface area contributed by atoms with Crippen molar-refractivity contribution in [2.75, 3.05) is 27.0 Å². The molecule has 1 saturated heterocycles. The standard InChI is InChI=1S/C9H18BO3P/c1-6-8(13-14(3)4)7(5-11-2)12-9(6)10/h6-9H,5H2,1-4H3. The zero-order chi connectivity index (χ0) is 10.7. The zero-order valence-corrected chi connectivity index (χ0v) is 10.2. The third-order valence-electron chi connectivity index (χ3n) is 2.40. The van der Waals surface area contributed by atoms with Crippen molar-refractivity contribution in [2.24, 2.45) is 5.92 Å². The first-order valence-electron chi connectivity index (χ1n) is 4.80. The van der Waals surface area contributed by atoms with E-state index in [0.717, 1.165) is 0 Å². The molecule has 0 aromatic carbocycles. The van der Waals surface area contributed by atoms with Gasteiger partial charge in [0.2, 0.25) is 0 Å². The Morgan fingerprint density at radius 2 is 2.07 bits per heavy atom. The van der Waals surface area contributed by atoms with Crippen LogP contribution in [0.4, 0.5) is 0 Å². The Morgan fingerprint density at radius 3 is 2.57 bits per heavy atom. The number of ether oxygens (including phenoxy) is 2. The first-order valence-corrected chi connectivity index (χ1v) is 6.95. The van der Waals surface area contributed by atoms with Gasteiger partial charge in [-0.05, 0) is 13.3 Å². The van der Waals surface area contributed by atoms with Crippen LogP contribution in [0.3, 0.4) is 0 Å². The van der Waals surface area contributed by atoms with Gasteiger partial charge in [0.05, 0.1) is 12.7 Å². The van der Waals surface area contributed by atoms with Crippen LogP contribution in [0.15, 0.2) is 0 Å². The summed E-state index contributed by atoms with van der Waals surface area (Å²) in [5.74, 6) is 0.236. The normalized spacial score (nSPS) is 38.1. The fourth-order valence-corrected chi connectivity index (χ4v) is 2.45. The van der Waals surface area contributed by atoms with E-state index in [0.29, 0.717) is 6.61 Å². The van der Waals surface area contributed by atoms with Crippen molar-refractivity contribution in [1.29, 1.82) is 0 Å². The highest BCUT2D eigenvalue weighted by Gasteiger charge is 2.40. The average molecular weight is 216 g/mol. The minimum absolute atomic E-state index is 0.0186. The topological polar surface area (TPSA) is 27.7 Å². The second kappa shape index (κ2) is 5.46. The predicted molar refractivity (Wildman–Crippen MR) is 59.1 cm³/mol. The largest absolute Gasteiger partial charge is 0.382 e. The van der Waals surface area contributed by atoms with Gasteiger partial charge in [0.1, 0.15) is 14.0 Å². The minimum Gasteiger partial charge on any atom is -0.382 e. The van der Waals surface area contributed by atoms with Crippen molar-refractivity contribution in [3.05, 3.63) is 0 Å². The lowest BCUT2D eigenvalue weighted by molar-refractivity contribution is -0.00791. The Labute approximate surface area is 88.7 Å². The quantitative estimate of drug-likeness (QED) is 0.522. The number of rotatable bonds is 4. The molecule has 2 radical (unpaired) electrons. The average Bonchev–Trinajstić information content (AvgIpc) is 2.33. The van der Waals surface area contributed by atoms with Crippen molar-refractivity contribution in [3.63, 3.8) is 0 Å². The van der Waals surface area contributed by atoms with Crippen LogP contribution in [-0.4, -0.2) is 53.1 Å². The summed E-state index contributed by atoms with van der Waals surface area (Å²) in [6, 6.07) is -0.227. The van der Waals surface area contributed by atoms with E-state index in [4.69, 9.17) is 21.8 Å². The summed E-state index contributed by atoms with van der Waals surface area (Å²) in [5, 5.41) is 0. The van der Waals surface area contributed by atoms with Crippen molar-refractivity contribution in [2.45, 2.75) is 25.1 Å². The Balaban J connectivity index is 2.56. The van der Waals surface area contributed by atoms with Crippen molar-refractivity contribution >= 4 is 16.0 Å². The molecule has 5 heteroatoms. The predicted octanol–water partition coefficient (Wildman–Crippen LogP) is 1.20. The first-order chi connectivity index (χ1) is 6.56. The molecule has 1 rings (SSSR count). The van der Waals surface area contributed by atoms with Crippen LogP contribution in [-0.2, 0) is 14.0 Å². The van der Waals surface area contributed by atoms with Gasteiger partial charge >= 0.3 is 0 Å². The molecule has 4 atom stereocenters. The summed E-state index contributed by atoms with van der Waals surface area (Å²) >= 11 is 0. The maximum Gasteiger partial charge on any atom is 0.109 e. The Bertz CT molecular complexity index is 179. The molecule has 0 N–H and O–H groups in total. The van der Waals surface area contributed by atoms with E-state index in [1.165, 1.54) is 0 Å². The lowest BCUT2D eigenvalue weighted by Crippen LogP contribution is -2.30. The highest BCUT2D eigenvalue weighted by molar-refractivity contribution is 7.50. The second-order valence-electron chi connectivity index (χ2n) is 3.84. The van der Waals surface area contributed by atoms with E-state index in [9.17, 15) is 0 Å². The van der Waals surface area contributed by atoms with Crippen LogP contribution in [0, 0.1) is 5.92 Å². The van der Waals surface area contributed by atoms with E-state index in [-0.39, 0.29) is 32.3 Å². The van der Waals surface area contributed by atoms with E-state index in [1.807, 2.05) is 0 Å². The summed E-state index contributed by atoms with van der Waals surface area (Å²) < 4.78 is 16.5. The number of methoxy groups -OCH3 is 1. The smallest absolute Gasteiger partial charge is 0.109 e. The fourth-order valence-electron chi connectivity index (χ4n) is 1.63. The summed E-state index contributed by atoms with van der Waals surface area (Å²) in [7, 11) is 7.09. The third-order valence-corrected chi connectivity index (χ3v) is 3.06. The molecule has 0 bridgehead atoms. The molecule has 80 valence electrons. The van der Waals surface area contributed by atoms with Gasteiger partial charge in [-0.1, -0.05) is 6.92 Å². The molecule has 0 amide bonds. The summed E-state index contributed by atoms with van der Waals surface area (Å²) in [4.78, 5) is 0. The van der Waals surface area contributed by atoms with Gasteiger partial charge in [-0.15, -0.1) is 0 Å². The molecule has 14 heavy (non-hydrogen) atoms. The Kier molecular flexibility index (Phi) is 4.85. The first kappa shape index (κ1) is 12.4. The lowest BCUT2D eigenvalue weighted by Gasteiger charge is -2.23. The highest BCUT2D eigenvalue weighted by Crippen LogP contribution is 2.37. The van der Waals surface area contributed by atoms with E-state index < -0.39 is 0 Å². The molecule has 0 aromatic rings. The van der Waals surface area contributed by atoms with E-state index in [2.05, 4.69) is 20.3 Å². The fraction of sp³-hybridized carbons (Fsp3) is 1.00. The molecule has 3 nitrogen and oxygen atoms in total. The number of hydrogen-bond acceptors (Lipinski definition) is 3. The van der Waals surface area contributed by atoms with Gasteiger partial charge in [-0.2, -0.15) is 0 Å². The zero-order valence-electron chi connectivity index (χ0n) is 9.27. The van der Waals surface area contributed by atoms with Gasteiger partial charge in [0.15, 0.2) is 0 Å². The Hall–Kier alpha value is 0.375. The molecule has 1 heterocycles. The lowest BCUT2D eigenvalue weighted by atomic mass is 9.86. The SMILES string of the molecule is [B]C1OC(COC)C(OP(C)C)C1C. The molecule has 0 aromatic heterocycles. The molecule has 0 aliphatic carbocycles. The molecule has 1 aliphatic heterocycles. The van der Waals surface area contributed by atoms with Crippen LogP contribution in [0.25, 0.3) is 0 Å². The van der Waals surface area contributed by atoms with Crippen LogP contribution in [0.2, 0.25) is 0 Å². The van der Waals surface area contributed by atoms with Crippen LogP contribution >= 0.6 is 8.15 Å². The maximum absolute atomic E-state index is 5.84. The molecule has 4 unspecified atom stereocenters. The van der Waals surface area contributed by atoms with Gasteiger partial charge < -0.3 is 14.0 Å². The summed E-state index contributed by atoms with van der Waals surface area (Å²) in [5.41, 5.74) is 0. The molecular weight excluding hydrogens is 198 g/mol. The number of hydrogen-bond donors (Lipinski definition) is 0. The third kappa shape index (κ3) is 2.93. The second-order valence-corrected chi connectivity index (χ2v) is 5.67. The van der Waals surface area contributed by atoms with E-state index >= 15 is 0 Å². The van der Waals surface area contributed by atoms with Gasteiger partial charge in [-0.25, -0.2) is 0 Å². The summed E-state index contributed by atoms with van der Waals surface area (Å²) in [6.07, 6.45) is 0.0564. The van der Waals surface area contributed by atoms with Gasteiger partial charge in [0, 0.05) is 27.2 Å².